The predicted molar refractivity (Wildman–Crippen MR) is 79.5 cm³/mol. The molecule has 108 valence electrons. The molecule has 3 rings (SSSR count). The molecule has 1 aliphatic heterocycles. The van der Waals surface area contributed by atoms with Gasteiger partial charge in [-0.3, -0.25) is 0 Å². The minimum atomic E-state index is 0.0933. The number of halogens is 1. The van der Waals surface area contributed by atoms with Gasteiger partial charge < -0.3 is 14.0 Å². The first-order valence-corrected chi connectivity index (χ1v) is 7.52. The van der Waals surface area contributed by atoms with Crippen molar-refractivity contribution in [1.82, 2.24) is 9.55 Å². The topological polar surface area (TPSA) is 36.3 Å². The van der Waals surface area contributed by atoms with Crippen molar-refractivity contribution in [2.45, 2.75) is 26.0 Å². The Morgan fingerprint density at radius 2 is 2.30 bits per heavy atom. The zero-order valence-corrected chi connectivity index (χ0v) is 12.4. The van der Waals surface area contributed by atoms with Crippen LogP contribution in [-0.2, 0) is 22.4 Å². The number of benzene rings is 1. The van der Waals surface area contributed by atoms with E-state index in [1.807, 2.05) is 0 Å². The van der Waals surface area contributed by atoms with Gasteiger partial charge in [0, 0.05) is 12.3 Å². The Kier molecular flexibility index (Phi) is 4.24. The van der Waals surface area contributed by atoms with Crippen molar-refractivity contribution in [2.75, 3.05) is 25.7 Å². The maximum absolute atomic E-state index is 5.90. The molecule has 2 aromatic rings. The molecule has 1 saturated heterocycles. The van der Waals surface area contributed by atoms with Crippen molar-refractivity contribution in [3.8, 4) is 0 Å². The second-order valence-corrected chi connectivity index (χ2v) is 5.52. The summed E-state index contributed by atoms with van der Waals surface area (Å²) in [5, 5.41) is 0. The SMILES string of the molecule is Cc1ccc2nc(CCCl)n(CC3COCCO3)c2c1. The van der Waals surface area contributed by atoms with E-state index in [1.54, 1.807) is 0 Å². The fourth-order valence-electron chi connectivity index (χ4n) is 2.61. The van der Waals surface area contributed by atoms with E-state index < -0.39 is 0 Å². The maximum atomic E-state index is 5.90. The molecule has 1 aliphatic rings. The molecular weight excluding hydrogens is 276 g/mol. The summed E-state index contributed by atoms with van der Waals surface area (Å²) in [6, 6.07) is 6.32. The number of aryl methyl sites for hydroxylation is 2. The van der Waals surface area contributed by atoms with Gasteiger partial charge in [-0.2, -0.15) is 0 Å². The lowest BCUT2D eigenvalue weighted by atomic mass is 10.2. The molecule has 0 N–H and O–H groups in total. The molecule has 0 bridgehead atoms. The van der Waals surface area contributed by atoms with Crippen LogP contribution >= 0.6 is 11.6 Å². The summed E-state index contributed by atoms with van der Waals surface area (Å²) >= 11 is 5.90. The van der Waals surface area contributed by atoms with Crippen molar-refractivity contribution >= 4 is 22.6 Å². The fraction of sp³-hybridized carbons (Fsp3) is 0.533. The standard InChI is InChI=1S/C15H19ClN2O2/c1-11-2-3-13-14(8-11)18(15(17-13)4-5-16)9-12-10-19-6-7-20-12/h2-3,8,12H,4-7,9-10H2,1H3. The molecule has 5 heteroatoms. The van der Waals surface area contributed by atoms with E-state index in [1.165, 1.54) is 5.56 Å². The third kappa shape index (κ3) is 2.82. The zero-order chi connectivity index (χ0) is 13.9. The van der Waals surface area contributed by atoms with Crippen LogP contribution in [0.5, 0.6) is 0 Å². The number of ether oxygens (including phenoxy) is 2. The summed E-state index contributed by atoms with van der Waals surface area (Å²) < 4.78 is 13.5. The van der Waals surface area contributed by atoms with Gasteiger partial charge in [0.2, 0.25) is 0 Å². The number of nitrogens with zero attached hydrogens (tertiary/aromatic N) is 2. The second kappa shape index (κ2) is 6.12. The molecule has 20 heavy (non-hydrogen) atoms. The lowest BCUT2D eigenvalue weighted by Gasteiger charge is -2.24. The highest BCUT2D eigenvalue weighted by Gasteiger charge is 2.18. The Labute approximate surface area is 123 Å². The van der Waals surface area contributed by atoms with Gasteiger partial charge in [-0.1, -0.05) is 6.07 Å². The number of aromatic nitrogens is 2. The summed E-state index contributed by atoms with van der Waals surface area (Å²) in [5.41, 5.74) is 3.41. The molecule has 0 saturated carbocycles. The number of alkyl halides is 1. The minimum absolute atomic E-state index is 0.0933. The monoisotopic (exact) mass is 294 g/mol. The van der Waals surface area contributed by atoms with E-state index in [9.17, 15) is 0 Å². The van der Waals surface area contributed by atoms with Crippen LogP contribution in [0.4, 0.5) is 0 Å². The highest BCUT2D eigenvalue weighted by molar-refractivity contribution is 6.17. The Hall–Kier alpha value is -1.10. The lowest BCUT2D eigenvalue weighted by molar-refractivity contribution is -0.0934. The Bertz CT molecular complexity index is 591. The quantitative estimate of drug-likeness (QED) is 0.813. The van der Waals surface area contributed by atoms with Gasteiger partial charge >= 0.3 is 0 Å². The number of imidazole rings is 1. The molecule has 1 unspecified atom stereocenters. The fourth-order valence-corrected chi connectivity index (χ4v) is 2.78. The third-order valence-electron chi connectivity index (χ3n) is 3.57. The van der Waals surface area contributed by atoms with Crippen molar-refractivity contribution in [1.29, 1.82) is 0 Å². The van der Waals surface area contributed by atoms with Gasteiger partial charge in [0.15, 0.2) is 0 Å². The van der Waals surface area contributed by atoms with Crippen LogP contribution in [-0.4, -0.2) is 41.4 Å². The highest BCUT2D eigenvalue weighted by Crippen LogP contribution is 2.20. The average Bonchev–Trinajstić information content (AvgIpc) is 2.78. The van der Waals surface area contributed by atoms with Crippen LogP contribution in [0.3, 0.4) is 0 Å². The van der Waals surface area contributed by atoms with Crippen LogP contribution < -0.4 is 0 Å². The molecule has 0 radical (unpaired) electrons. The molecule has 2 heterocycles. The smallest absolute Gasteiger partial charge is 0.111 e. The van der Waals surface area contributed by atoms with Gasteiger partial charge in [0.05, 0.1) is 43.5 Å². The molecule has 1 fully saturated rings. The first-order valence-electron chi connectivity index (χ1n) is 6.99. The molecule has 0 spiro atoms. The largest absolute Gasteiger partial charge is 0.376 e. The molecule has 4 nitrogen and oxygen atoms in total. The molecule has 1 aromatic heterocycles. The van der Waals surface area contributed by atoms with Gasteiger partial charge in [-0.05, 0) is 24.6 Å². The second-order valence-electron chi connectivity index (χ2n) is 5.14. The van der Waals surface area contributed by atoms with E-state index in [-0.39, 0.29) is 6.10 Å². The molecule has 1 atom stereocenters. The van der Waals surface area contributed by atoms with E-state index in [0.29, 0.717) is 25.7 Å². The third-order valence-corrected chi connectivity index (χ3v) is 3.76. The zero-order valence-electron chi connectivity index (χ0n) is 11.6. The molecule has 0 amide bonds. The van der Waals surface area contributed by atoms with Gasteiger partial charge in [0.25, 0.3) is 0 Å². The van der Waals surface area contributed by atoms with Crippen LogP contribution in [0.25, 0.3) is 11.0 Å². The summed E-state index contributed by atoms with van der Waals surface area (Å²) in [7, 11) is 0. The van der Waals surface area contributed by atoms with E-state index in [4.69, 9.17) is 26.1 Å². The number of fused-ring (bicyclic) bond motifs is 1. The van der Waals surface area contributed by atoms with Crippen LogP contribution in [0.15, 0.2) is 18.2 Å². The van der Waals surface area contributed by atoms with Crippen molar-refractivity contribution < 1.29 is 9.47 Å². The van der Waals surface area contributed by atoms with Crippen LogP contribution in [0, 0.1) is 6.92 Å². The maximum Gasteiger partial charge on any atom is 0.111 e. The van der Waals surface area contributed by atoms with Gasteiger partial charge in [0.1, 0.15) is 5.82 Å². The summed E-state index contributed by atoms with van der Waals surface area (Å²) in [6.45, 7) is 4.87. The van der Waals surface area contributed by atoms with Crippen LogP contribution in [0.1, 0.15) is 11.4 Å². The lowest BCUT2D eigenvalue weighted by Crippen LogP contribution is -2.32. The first-order chi connectivity index (χ1) is 9.78. The first kappa shape index (κ1) is 13.9. The van der Waals surface area contributed by atoms with Crippen molar-refractivity contribution in [2.24, 2.45) is 0 Å². The van der Waals surface area contributed by atoms with Crippen molar-refractivity contribution in [3.05, 3.63) is 29.6 Å². The van der Waals surface area contributed by atoms with Gasteiger partial charge in [-0.15, -0.1) is 11.6 Å². The normalized spacial score (nSPS) is 19.6. The number of rotatable bonds is 4. The van der Waals surface area contributed by atoms with E-state index in [2.05, 4.69) is 29.7 Å². The number of hydrogen-bond donors (Lipinski definition) is 0. The summed E-state index contributed by atoms with van der Waals surface area (Å²) in [5.74, 6) is 1.60. The van der Waals surface area contributed by atoms with E-state index >= 15 is 0 Å². The summed E-state index contributed by atoms with van der Waals surface area (Å²) in [4.78, 5) is 4.69. The van der Waals surface area contributed by atoms with Gasteiger partial charge in [-0.25, -0.2) is 4.98 Å². The Morgan fingerprint density at radius 1 is 1.40 bits per heavy atom. The average molecular weight is 295 g/mol. The van der Waals surface area contributed by atoms with Crippen LogP contribution in [0.2, 0.25) is 0 Å². The highest BCUT2D eigenvalue weighted by atomic mass is 35.5. The number of hydrogen-bond acceptors (Lipinski definition) is 3. The Balaban J connectivity index is 1.96. The summed E-state index contributed by atoms with van der Waals surface area (Å²) in [6.07, 6.45) is 0.860. The predicted octanol–water partition coefficient (Wildman–Crippen LogP) is 2.54. The van der Waals surface area contributed by atoms with E-state index in [0.717, 1.165) is 29.8 Å². The Morgan fingerprint density at radius 3 is 3.05 bits per heavy atom. The molecule has 0 aliphatic carbocycles. The minimum Gasteiger partial charge on any atom is -0.376 e. The molecule has 1 aromatic carbocycles. The molecular formula is C15H19ClN2O2. The van der Waals surface area contributed by atoms with Crippen molar-refractivity contribution in [3.63, 3.8) is 0 Å².